The predicted octanol–water partition coefficient (Wildman–Crippen LogP) is 1.54. The van der Waals surface area contributed by atoms with Gasteiger partial charge in [-0.15, -0.1) is 8.78 Å². The molecule has 3 rings (SSSR count). The first-order valence-electron chi connectivity index (χ1n) is 7.09. The van der Waals surface area contributed by atoms with Crippen LogP contribution in [0.25, 0.3) is 0 Å². The molecule has 1 heterocycles. The standard InChI is InChI=1S/C14H9BrF2N2O7S2/c15-8-6-5-7(11-12(8)26-14(16,17)25-11)13(20)19-28(23,24)10-4-2-1-3-9(10)27(18,21)22/h1-6H,(H,19,20)(H2,18,21,22). The van der Waals surface area contributed by atoms with Gasteiger partial charge in [0.15, 0.2) is 11.5 Å². The summed E-state index contributed by atoms with van der Waals surface area (Å²) in [4.78, 5) is 10.9. The van der Waals surface area contributed by atoms with Crippen molar-refractivity contribution in [3.63, 3.8) is 0 Å². The van der Waals surface area contributed by atoms with Crippen molar-refractivity contribution in [1.29, 1.82) is 0 Å². The Morgan fingerprint density at radius 3 is 2.18 bits per heavy atom. The van der Waals surface area contributed by atoms with Gasteiger partial charge in [-0.1, -0.05) is 12.1 Å². The smallest absolute Gasteiger partial charge is 0.394 e. The van der Waals surface area contributed by atoms with E-state index in [2.05, 4.69) is 25.4 Å². The highest BCUT2D eigenvalue weighted by atomic mass is 79.9. The fourth-order valence-electron chi connectivity index (χ4n) is 2.31. The summed E-state index contributed by atoms with van der Waals surface area (Å²) in [5.74, 6) is -2.54. The molecule has 0 aliphatic carbocycles. The minimum Gasteiger partial charge on any atom is -0.394 e. The highest BCUT2D eigenvalue weighted by molar-refractivity contribution is 9.10. The second-order valence-electron chi connectivity index (χ2n) is 5.35. The minimum atomic E-state index is -4.73. The number of hydrogen-bond donors (Lipinski definition) is 2. The zero-order valence-electron chi connectivity index (χ0n) is 13.3. The van der Waals surface area contributed by atoms with Gasteiger partial charge in [0, 0.05) is 0 Å². The molecular weight excluding hydrogens is 490 g/mol. The molecule has 0 bridgehead atoms. The molecule has 0 saturated carbocycles. The van der Waals surface area contributed by atoms with Crippen molar-refractivity contribution in [1.82, 2.24) is 4.72 Å². The third-order valence-corrected chi connectivity index (χ3v) is 6.53. The van der Waals surface area contributed by atoms with Crippen LogP contribution in [0.4, 0.5) is 8.78 Å². The van der Waals surface area contributed by atoms with Crippen LogP contribution in [0.5, 0.6) is 11.5 Å². The number of carbonyl (C=O) groups is 1. The van der Waals surface area contributed by atoms with Gasteiger partial charge in [0.05, 0.1) is 10.0 Å². The van der Waals surface area contributed by atoms with Gasteiger partial charge in [-0.2, -0.15) is 0 Å². The monoisotopic (exact) mass is 498 g/mol. The van der Waals surface area contributed by atoms with Crippen molar-refractivity contribution >= 4 is 41.9 Å². The first kappa shape index (κ1) is 20.4. The lowest BCUT2D eigenvalue weighted by atomic mass is 10.2. The number of alkyl halides is 2. The quantitative estimate of drug-likeness (QED) is 0.650. The summed E-state index contributed by atoms with van der Waals surface area (Å²) in [6.45, 7) is 0. The maximum Gasteiger partial charge on any atom is 0.586 e. The Bertz CT molecular complexity index is 1200. The zero-order chi connectivity index (χ0) is 20.9. The van der Waals surface area contributed by atoms with Crippen molar-refractivity contribution in [2.45, 2.75) is 16.1 Å². The Labute approximate surface area is 165 Å². The molecule has 0 unspecified atom stereocenters. The van der Waals surface area contributed by atoms with Gasteiger partial charge in [-0.25, -0.2) is 26.7 Å². The first-order chi connectivity index (χ1) is 12.8. The van der Waals surface area contributed by atoms with Crippen LogP contribution in [0.3, 0.4) is 0 Å². The highest BCUT2D eigenvalue weighted by Gasteiger charge is 2.46. The highest BCUT2D eigenvalue weighted by Crippen LogP contribution is 2.47. The van der Waals surface area contributed by atoms with Crippen molar-refractivity contribution < 1.29 is 39.9 Å². The van der Waals surface area contributed by atoms with Gasteiger partial charge in [0.2, 0.25) is 10.0 Å². The molecule has 9 nitrogen and oxygen atoms in total. The summed E-state index contributed by atoms with van der Waals surface area (Å²) in [5.41, 5.74) is -0.577. The fraction of sp³-hybridized carbons (Fsp3) is 0.0714. The number of amides is 1. The number of rotatable bonds is 4. The maximum atomic E-state index is 13.4. The number of fused-ring (bicyclic) bond motifs is 1. The zero-order valence-corrected chi connectivity index (χ0v) is 16.6. The van der Waals surface area contributed by atoms with Crippen LogP contribution >= 0.6 is 15.9 Å². The number of nitrogens with two attached hydrogens (primary N) is 1. The fourth-order valence-corrected chi connectivity index (χ4v) is 5.05. The van der Waals surface area contributed by atoms with E-state index in [1.54, 1.807) is 4.72 Å². The lowest BCUT2D eigenvalue weighted by Gasteiger charge is -2.11. The number of primary sulfonamides is 1. The Morgan fingerprint density at radius 2 is 1.57 bits per heavy atom. The van der Waals surface area contributed by atoms with Gasteiger partial charge in [-0.05, 0) is 40.2 Å². The van der Waals surface area contributed by atoms with E-state index in [0.29, 0.717) is 0 Å². The van der Waals surface area contributed by atoms with Crippen molar-refractivity contribution in [3.05, 3.63) is 46.4 Å². The van der Waals surface area contributed by atoms with Gasteiger partial charge in [-0.3, -0.25) is 4.79 Å². The molecule has 28 heavy (non-hydrogen) atoms. The van der Waals surface area contributed by atoms with Gasteiger partial charge >= 0.3 is 6.29 Å². The van der Waals surface area contributed by atoms with Crippen LogP contribution in [-0.4, -0.2) is 29.0 Å². The van der Waals surface area contributed by atoms with E-state index in [-0.39, 0.29) is 4.47 Å². The normalized spacial score (nSPS) is 15.3. The van der Waals surface area contributed by atoms with E-state index in [4.69, 9.17) is 5.14 Å². The second kappa shape index (κ2) is 6.65. The van der Waals surface area contributed by atoms with E-state index >= 15 is 0 Å². The van der Waals surface area contributed by atoms with Gasteiger partial charge in [0.25, 0.3) is 15.9 Å². The van der Waals surface area contributed by atoms with Crippen LogP contribution in [0.1, 0.15) is 10.4 Å². The van der Waals surface area contributed by atoms with E-state index in [9.17, 15) is 30.4 Å². The Morgan fingerprint density at radius 1 is 1.00 bits per heavy atom. The molecule has 0 spiro atoms. The topological polar surface area (TPSA) is 142 Å². The molecule has 0 radical (unpaired) electrons. The molecule has 0 aromatic heterocycles. The summed E-state index contributed by atoms with van der Waals surface area (Å²) in [7, 11) is -9.16. The summed E-state index contributed by atoms with van der Waals surface area (Å²) in [6.07, 6.45) is -4.06. The molecule has 2 aromatic carbocycles. The lowest BCUT2D eigenvalue weighted by Crippen LogP contribution is -2.32. The maximum absolute atomic E-state index is 13.4. The average Bonchev–Trinajstić information content (AvgIpc) is 2.90. The van der Waals surface area contributed by atoms with Crippen LogP contribution in [0.15, 0.2) is 50.7 Å². The molecule has 0 fully saturated rings. The first-order valence-corrected chi connectivity index (χ1v) is 10.9. The van der Waals surface area contributed by atoms with E-state index in [1.165, 1.54) is 18.2 Å². The molecular formula is C14H9BrF2N2O7S2. The van der Waals surface area contributed by atoms with Crippen molar-refractivity contribution in [2.24, 2.45) is 5.14 Å². The number of carbonyl (C=O) groups excluding carboxylic acids is 1. The number of benzene rings is 2. The van der Waals surface area contributed by atoms with Crippen LogP contribution in [-0.2, 0) is 20.0 Å². The number of nitrogens with one attached hydrogen (secondary N) is 1. The van der Waals surface area contributed by atoms with Gasteiger partial charge < -0.3 is 9.47 Å². The second-order valence-corrected chi connectivity index (χ2v) is 9.38. The summed E-state index contributed by atoms with van der Waals surface area (Å²) in [5, 5.41) is 4.99. The summed E-state index contributed by atoms with van der Waals surface area (Å²) < 4.78 is 85.1. The predicted molar refractivity (Wildman–Crippen MR) is 92.8 cm³/mol. The molecule has 1 amide bonds. The molecule has 1 aliphatic rings. The molecule has 3 N–H and O–H groups in total. The van der Waals surface area contributed by atoms with E-state index in [1.807, 2.05) is 0 Å². The number of hydrogen-bond acceptors (Lipinski definition) is 7. The molecule has 1 aliphatic heterocycles. The molecule has 0 saturated heterocycles. The van der Waals surface area contributed by atoms with Crippen molar-refractivity contribution in [3.8, 4) is 11.5 Å². The third-order valence-electron chi connectivity index (χ3n) is 3.42. The molecule has 14 heteroatoms. The SMILES string of the molecule is NS(=O)(=O)c1ccccc1S(=O)(=O)NC(=O)c1ccc(Br)c2c1OC(F)(F)O2. The summed E-state index contributed by atoms with van der Waals surface area (Å²) >= 11 is 2.94. The minimum absolute atomic E-state index is 0.0404. The van der Waals surface area contributed by atoms with Crippen LogP contribution in [0, 0.1) is 0 Å². The van der Waals surface area contributed by atoms with Crippen LogP contribution in [0.2, 0.25) is 0 Å². The average molecular weight is 499 g/mol. The van der Waals surface area contributed by atoms with E-state index in [0.717, 1.165) is 18.2 Å². The number of halogens is 3. The van der Waals surface area contributed by atoms with Gasteiger partial charge in [0.1, 0.15) is 9.79 Å². The lowest BCUT2D eigenvalue weighted by molar-refractivity contribution is -0.287. The largest absolute Gasteiger partial charge is 0.586 e. The summed E-state index contributed by atoms with van der Waals surface area (Å²) in [6, 6.07) is 6.48. The Balaban J connectivity index is 2.01. The molecule has 2 aromatic rings. The van der Waals surface area contributed by atoms with E-state index < -0.39 is 59.1 Å². The molecule has 150 valence electrons. The van der Waals surface area contributed by atoms with Crippen LogP contribution < -0.4 is 19.3 Å². The molecule has 0 atom stereocenters. The Hall–Kier alpha value is -2.29. The number of sulfonamides is 2. The number of ether oxygens (including phenoxy) is 2. The Kier molecular flexibility index (Phi) is 4.85. The third kappa shape index (κ3) is 3.80. The van der Waals surface area contributed by atoms with Crippen molar-refractivity contribution in [2.75, 3.05) is 0 Å².